The van der Waals surface area contributed by atoms with Crippen molar-refractivity contribution in [3.63, 3.8) is 0 Å². The molecule has 0 aliphatic heterocycles. The molecule has 106 valence electrons. The van der Waals surface area contributed by atoms with Gasteiger partial charge in [0.2, 0.25) is 0 Å². The molecule has 0 saturated heterocycles. The molecule has 1 N–H and O–H groups in total. The summed E-state index contributed by atoms with van der Waals surface area (Å²) in [5.41, 5.74) is 0.865. The first-order valence-electron chi connectivity index (χ1n) is 6.50. The van der Waals surface area contributed by atoms with Crippen LogP contribution in [0.4, 0.5) is 0 Å². The van der Waals surface area contributed by atoms with Gasteiger partial charge in [-0.25, -0.2) is 9.78 Å². The minimum Gasteiger partial charge on any atom is -0.477 e. The zero-order chi connectivity index (χ0) is 14.3. The lowest BCUT2D eigenvalue weighted by atomic mass is 10.2. The first kappa shape index (κ1) is 15.6. The normalized spacial score (nSPS) is 12.6. The van der Waals surface area contributed by atoms with Crippen molar-refractivity contribution < 1.29 is 14.6 Å². The average molecular weight is 266 g/mol. The summed E-state index contributed by atoms with van der Waals surface area (Å²) in [5, 5.41) is 8.94. The van der Waals surface area contributed by atoms with Crippen LogP contribution in [0.1, 0.15) is 36.5 Å². The van der Waals surface area contributed by atoms with Crippen LogP contribution in [-0.4, -0.2) is 47.3 Å². The van der Waals surface area contributed by atoms with Crippen LogP contribution in [0.2, 0.25) is 0 Å². The van der Waals surface area contributed by atoms with Crippen LogP contribution in [-0.2, 0) is 11.3 Å². The van der Waals surface area contributed by atoms with E-state index >= 15 is 0 Å². The van der Waals surface area contributed by atoms with Gasteiger partial charge in [-0.15, -0.1) is 0 Å². The Morgan fingerprint density at radius 1 is 1.53 bits per heavy atom. The van der Waals surface area contributed by atoms with E-state index in [1.165, 1.54) is 6.07 Å². The number of aromatic carboxylic acids is 1. The molecule has 0 radical (unpaired) electrons. The van der Waals surface area contributed by atoms with Crippen LogP contribution in [0.3, 0.4) is 0 Å². The van der Waals surface area contributed by atoms with Crippen molar-refractivity contribution in [1.29, 1.82) is 0 Å². The predicted octanol–water partition coefficient (Wildman–Crippen LogP) is 2.03. The quantitative estimate of drug-likeness (QED) is 0.780. The van der Waals surface area contributed by atoms with Gasteiger partial charge in [-0.2, -0.15) is 0 Å². The summed E-state index contributed by atoms with van der Waals surface area (Å²) < 4.78 is 5.11. The number of carbonyl (C=O) groups is 1. The number of aromatic nitrogens is 1. The number of carboxylic acid groups (broad SMARTS) is 1. The standard InChI is InChI=1S/C14H22N2O3/c1-4-11(2)16(8-9-19-3)10-12-6-5-7-13(15-12)14(17)18/h5-7,11H,4,8-10H2,1-3H3,(H,17,18). The Kier molecular flexibility index (Phi) is 6.45. The number of hydrogen-bond acceptors (Lipinski definition) is 4. The number of pyridine rings is 1. The molecule has 0 saturated carbocycles. The lowest BCUT2D eigenvalue weighted by Gasteiger charge is -2.27. The van der Waals surface area contributed by atoms with Crippen molar-refractivity contribution in [2.75, 3.05) is 20.3 Å². The maximum atomic E-state index is 10.9. The second-order valence-electron chi connectivity index (χ2n) is 4.54. The van der Waals surface area contributed by atoms with Gasteiger partial charge in [0.1, 0.15) is 5.69 Å². The number of carboxylic acids is 1. The molecule has 1 unspecified atom stereocenters. The molecule has 0 fully saturated rings. The van der Waals surface area contributed by atoms with Crippen LogP contribution in [0.25, 0.3) is 0 Å². The van der Waals surface area contributed by atoms with Crippen molar-refractivity contribution >= 4 is 5.97 Å². The topological polar surface area (TPSA) is 62.7 Å². The molecular formula is C14H22N2O3. The van der Waals surface area contributed by atoms with Crippen LogP contribution < -0.4 is 0 Å². The molecule has 0 amide bonds. The molecule has 1 aromatic rings. The zero-order valence-corrected chi connectivity index (χ0v) is 11.8. The van der Waals surface area contributed by atoms with Gasteiger partial charge >= 0.3 is 5.97 Å². The van der Waals surface area contributed by atoms with Crippen LogP contribution in [0, 0.1) is 0 Å². The van der Waals surface area contributed by atoms with Crippen molar-refractivity contribution in [3.8, 4) is 0 Å². The van der Waals surface area contributed by atoms with Gasteiger partial charge in [-0.1, -0.05) is 13.0 Å². The Hall–Kier alpha value is -1.46. The summed E-state index contributed by atoms with van der Waals surface area (Å²) in [5.74, 6) is -0.992. The summed E-state index contributed by atoms with van der Waals surface area (Å²) >= 11 is 0. The predicted molar refractivity (Wildman–Crippen MR) is 73.2 cm³/mol. The first-order chi connectivity index (χ1) is 9.08. The molecule has 0 aromatic carbocycles. The molecule has 19 heavy (non-hydrogen) atoms. The Balaban J connectivity index is 2.77. The van der Waals surface area contributed by atoms with Crippen molar-refractivity contribution in [2.24, 2.45) is 0 Å². The summed E-state index contributed by atoms with van der Waals surface area (Å²) in [4.78, 5) is 17.3. The second kappa shape index (κ2) is 7.86. The molecule has 0 aliphatic rings. The van der Waals surface area contributed by atoms with E-state index in [1.54, 1.807) is 13.2 Å². The van der Waals surface area contributed by atoms with E-state index in [9.17, 15) is 4.79 Å². The highest BCUT2D eigenvalue weighted by Crippen LogP contribution is 2.09. The fourth-order valence-corrected chi connectivity index (χ4v) is 1.82. The SMILES string of the molecule is CCC(C)N(CCOC)Cc1cccc(C(=O)O)n1. The first-order valence-corrected chi connectivity index (χ1v) is 6.50. The van der Waals surface area contributed by atoms with Crippen LogP contribution in [0.15, 0.2) is 18.2 Å². The third-order valence-electron chi connectivity index (χ3n) is 3.19. The zero-order valence-electron chi connectivity index (χ0n) is 11.8. The third-order valence-corrected chi connectivity index (χ3v) is 3.19. The maximum Gasteiger partial charge on any atom is 0.354 e. The lowest BCUT2D eigenvalue weighted by molar-refractivity contribution is 0.0689. The highest BCUT2D eigenvalue weighted by Gasteiger charge is 2.14. The number of methoxy groups -OCH3 is 1. The fourth-order valence-electron chi connectivity index (χ4n) is 1.82. The molecule has 1 heterocycles. The summed E-state index contributed by atoms with van der Waals surface area (Å²) in [6.07, 6.45) is 1.03. The summed E-state index contributed by atoms with van der Waals surface area (Å²) in [6.45, 7) is 6.38. The fraction of sp³-hybridized carbons (Fsp3) is 0.571. The van der Waals surface area contributed by atoms with E-state index in [1.807, 2.05) is 6.07 Å². The molecule has 5 nitrogen and oxygen atoms in total. The molecule has 1 rings (SSSR count). The molecule has 0 spiro atoms. The summed E-state index contributed by atoms with van der Waals surface area (Å²) in [6, 6.07) is 5.51. The third kappa shape index (κ3) is 4.96. The number of ether oxygens (including phenoxy) is 1. The van der Waals surface area contributed by atoms with Gasteiger partial charge in [-0.05, 0) is 25.5 Å². The second-order valence-corrected chi connectivity index (χ2v) is 4.54. The monoisotopic (exact) mass is 266 g/mol. The van der Waals surface area contributed by atoms with Crippen LogP contribution in [0.5, 0.6) is 0 Å². The van der Waals surface area contributed by atoms with Crippen LogP contribution >= 0.6 is 0 Å². The molecule has 5 heteroatoms. The van der Waals surface area contributed by atoms with E-state index in [4.69, 9.17) is 9.84 Å². The van der Waals surface area contributed by atoms with Gasteiger partial charge in [0.15, 0.2) is 0 Å². The van der Waals surface area contributed by atoms with Gasteiger partial charge < -0.3 is 9.84 Å². The van der Waals surface area contributed by atoms with E-state index in [0.29, 0.717) is 19.2 Å². The van der Waals surface area contributed by atoms with Crippen molar-refractivity contribution in [1.82, 2.24) is 9.88 Å². The Bertz CT molecular complexity index is 409. The maximum absolute atomic E-state index is 10.9. The summed E-state index contributed by atoms with van der Waals surface area (Å²) in [7, 11) is 1.68. The van der Waals surface area contributed by atoms with Gasteiger partial charge in [0.25, 0.3) is 0 Å². The minimum atomic E-state index is -0.992. The number of rotatable bonds is 8. The highest BCUT2D eigenvalue weighted by atomic mass is 16.5. The molecular weight excluding hydrogens is 244 g/mol. The number of hydrogen-bond donors (Lipinski definition) is 1. The van der Waals surface area contributed by atoms with E-state index in [0.717, 1.165) is 18.7 Å². The van der Waals surface area contributed by atoms with Gasteiger partial charge in [0, 0.05) is 26.2 Å². The molecule has 1 atom stereocenters. The molecule has 0 bridgehead atoms. The largest absolute Gasteiger partial charge is 0.477 e. The van der Waals surface area contributed by atoms with E-state index in [-0.39, 0.29) is 5.69 Å². The molecule has 1 aromatic heterocycles. The van der Waals surface area contributed by atoms with Crippen molar-refractivity contribution in [3.05, 3.63) is 29.6 Å². The Labute approximate surface area is 114 Å². The average Bonchev–Trinajstić information content (AvgIpc) is 2.42. The number of nitrogens with zero attached hydrogens (tertiary/aromatic N) is 2. The van der Waals surface area contributed by atoms with Gasteiger partial charge in [-0.3, -0.25) is 4.90 Å². The van der Waals surface area contributed by atoms with Crippen molar-refractivity contribution in [2.45, 2.75) is 32.9 Å². The van der Waals surface area contributed by atoms with Gasteiger partial charge in [0.05, 0.1) is 12.3 Å². The minimum absolute atomic E-state index is 0.0911. The highest BCUT2D eigenvalue weighted by molar-refractivity contribution is 5.85. The Morgan fingerprint density at radius 3 is 2.84 bits per heavy atom. The lowest BCUT2D eigenvalue weighted by Crippen LogP contribution is -2.35. The smallest absolute Gasteiger partial charge is 0.354 e. The van der Waals surface area contributed by atoms with E-state index in [2.05, 4.69) is 23.7 Å². The molecule has 0 aliphatic carbocycles. The Morgan fingerprint density at radius 2 is 2.26 bits per heavy atom. The van der Waals surface area contributed by atoms with E-state index < -0.39 is 5.97 Å².